The highest BCUT2D eigenvalue weighted by Gasteiger charge is 2.22. The van der Waals surface area contributed by atoms with Gasteiger partial charge in [0, 0.05) is 24.7 Å². The Kier molecular flexibility index (Phi) is 5.07. The molecule has 1 aliphatic rings. The molecule has 1 fully saturated rings. The number of halogens is 1. The van der Waals surface area contributed by atoms with Crippen LogP contribution in [-0.2, 0) is 4.74 Å². The van der Waals surface area contributed by atoms with Crippen molar-refractivity contribution in [2.24, 2.45) is 5.92 Å². The zero-order valence-electron chi connectivity index (χ0n) is 11.2. The summed E-state index contributed by atoms with van der Waals surface area (Å²) in [7, 11) is 0. The van der Waals surface area contributed by atoms with E-state index in [0.717, 1.165) is 38.4 Å². The van der Waals surface area contributed by atoms with E-state index in [-0.39, 0.29) is 0 Å². The van der Waals surface area contributed by atoms with Gasteiger partial charge in [-0.3, -0.25) is 0 Å². The van der Waals surface area contributed by atoms with Gasteiger partial charge in [-0.05, 0) is 43.9 Å². The minimum atomic E-state index is 0.541. The lowest BCUT2D eigenvalue weighted by molar-refractivity contribution is 0.104. The van der Waals surface area contributed by atoms with Gasteiger partial charge in [0.2, 0.25) is 0 Å². The molecule has 1 aromatic rings. The first-order valence-corrected chi connectivity index (χ1v) is 7.14. The second-order valence-electron chi connectivity index (χ2n) is 4.89. The second kappa shape index (κ2) is 6.79. The molecular weight excluding hydrogens is 260 g/mol. The molecule has 0 bridgehead atoms. The molecule has 1 aromatic carbocycles. The highest BCUT2D eigenvalue weighted by molar-refractivity contribution is 6.30. The molecule has 1 unspecified atom stereocenters. The standard InChI is InChI=1S/C15H19ClN2O/c1-2-19-11-12-4-3-7-18(10-12)15-8-14(16)6-5-13(15)9-17/h5-6,8,12H,2-4,7,10-11H2,1H3. The van der Waals surface area contributed by atoms with Gasteiger partial charge in [0.05, 0.1) is 17.9 Å². The molecule has 1 heterocycles. The van der Waals surface area contributed by atoms with Crippen molar-refractivity contribution in [3.05, 3.63) is 28.8 Å². The Morgan fingerprint density at radius 2 is 2.37 bits per heavy atom. The monoisotopic (exact) mass is 278 g/mol. The summed E-state index contributed by atoms with van der Waals surface area (Å²) in [5, 5.41) is 9.88. The van der Waals surface area contributed by atoms with Gasteiger partial charge in [-0.25, -0.2) is 0 Å². The molecule has 0 amide bonds. The SMILES string of the molecule is CCOCC1CCCN(c2cc(Cl)ccc2C#N)C1. The smallest absolute Gasteiger partial charge is 0.101 e. The summed E-state index contributed by atoms with van der Waals surface area (Å²) in [4.78, 5) is 2.26. The van der Waals surface area contributed by atoms with Gasteiger partial charge in [-0.1, -0.05) is 11.6 Å². The maximum Gasteiger partial charge on any atom is 0.101 e. The minimum absolute atomic E-state index is 0.541. The highest BCUT2D eigenvalue weighted by Crippen LogP contribution is 2.28. The number of rotatable bonds is 4. The number of piperidine rings is 1. The van der Waals surface area contributed by atoms with E-state index in [0.29, 0.717) is 16.5 Å². The van der Waals surface area contributed by atoms with Gasteiger partial charge in [-0.2, -0.15) is 5.26 Å². The van der Waals surface area contributed by atoms with E-state index in [1.807, 2.05) is 13.0 Å². The van der Waals surface area contributed by atoms with Gasteiger partial charge in [0.15, 0.2) is 0 Å². The maximum atomic E-state index is 9.20. The zero-order valence-corrected chi connectivity index (χ0v) is 12.0. The van der Waals surface area contributed by atoms with Crippen LogP contribution in [0.1, 0.15) is 25.3 Å². The molecule has 0 N–H and O–H groups in total. The molecular formula is C15H19ClN2O. The van der Waals surface area contributed by atoms with Crippen molar-refractivity contribution in [3.63, 3.8) is 0 Å². The largest absolute Gasteiger partial charge is 0.381 e. The van der Waals surface area contributed by atoms with Crippen LogP contribution >= 0.6 is 11.6 Å². The van der Waals surface area contributed by atoms with Crippen LogP contribution in [0, 0.1) is 17.2 Å². The van der Waals surface area contributed by atoms with Gasteiger partial charge in [0.1, 0.15) is 6.07 Å². The summed E-state index contributed by atoms with van der Waals surface area (Å²) < 4.78 is 5.52. The van der Waals surface area contributed by atoms with Gasteiger partial charge < -0.3 is 9.64 Å². The van der Waals surface area contributed by atoms with E-state index in [9.17, 15) is 5.26 Å². The van der Waals surface area contributed by atoms with Crippen molar-refractivity contribution in [1.29, 1.82) is 5.26 Å². The third kappa shape index (κ3) is 3.62. The molecule has 0 radical (unpaired) electrons. The predicted octanol–water partition coefficient (Wildman–Crippen LogP) is 3.46. The first-order valence-electron chi connectivity index (χ1n) is 6.77. The Bertz CT molecular complexity index is 470. The van der Waals surface area contributed by atoms with E-state index in [4.69, 9.17) is 16.3 Å². The van der Waals surface area contributed by atoms with Crippen molar-refractivity contribution >= 4 is 17.3 Å². The number of benzene rings is 1. The summed E-state index contributed by atoms with van der Waals surface area (Å²) in [6.07, 6.45) is 2.33. The fourth-order valence-corrected chi connectivity index (χ4v) is 2.73. The molecule has 102 valence electrons. The molecule has 1 aliphatic heterocycles. The highest BCUT2D eigenvalue weighted by atomic mass is 35.5. The Balaban J connectivity index is 2.13. The number of hydrogen-bond acceptors (Lipinski definition) is 3. The average molecular weight is 279 g/mol. The van der Waals surface area contributed by atoms with Crippen LogP contribution in [0.2, 0.25) is 5.02 Å². The van der Waals surface area contributed by atoms with E-state index < -0.39 is 0 Å². The van der Waals surface area contributed by atoms with Crippen LogP contribution in [-0.4, -0.2) is 26.3 Å². The van der Waals surface area contributed by atoms with Crippen molar-refractivity contribution in [2.75, 3.05) is 31.2 Å². The van der Waals surface area contributed by atoms with Crippen molar-refractivity contribution in [3.8, 4) is 6.07 Å². The van der Waals surface area contributed by atoms with Crippen LogP contribution in [0.15, 0.2) is 18.2 Å². The molecule has 0 spiro atoms. The van der Waals surface area contributed by atoms with Crippen LogP contribution in [0.5, 0.6) is 0 Å². The van der Waals surface area contributed by atoms with Crippen LogP contribution in [0.25, 0.3) is 0 Å². The number of hydrogen-bond donors (Lipinski definition) is 0. The molecule has 19 heavy (non-hydrogen) atoms. The van der Waals surface area contributed by atoms with Crippen molar-refractivity contribution < 1.29 is 4.74 Å². The van der Waals surface area contributed by atoms with E-state index in [1.165, 1.54) is 6.42 Å². The van der Waals surface area contributed by atoms with E-state index in [1.54, 1.807) is 12.1 Å². The van der Waals surface area contributed by atoms with E-state index >= 15 is 0 Å². The van der Waals surface area contributed by atoms with Crippen LogP contribution < -0.4 is 4.90 Å². The summed E-state index contributed by atoms with van der Waals surface area (Å²) in [5.74, 6) is 0.541. The molecule has 3 nitrogen and oxygen atoms in total. The van der Waals surface area contributed by atoms with Gasteiger partial charge in [0.25, 0.3) is 0 Å². The molecule has 1 saturated heterocycles. The fraction of sp³-hybridized carbons (Fsp3) is 0.533. The average Bonchev–Trinajstić information content (AvgIpc) is 2.45. The Labute approximate surface area is 119 Å². The van der Waals surface area contributed by atoms with Gasteiger partial charge >= 0.3 is 0 Å². The summed E-state index contributed by atoms with van der Waals surface area (Å²) in [6, 6.07) is 7.70. The lowest BCUT2D eigenvalue weighted by atomic mass is 9.97. The molecule has 1 atom stereocenters. The van der Waals surface area contributed by atoms with E-state index in [2.05, 4.69) is 11.0 Å². The number of anilines is 1. The minimum Gasteiger partial charge on any atom is -0.381 e. The normalized spacial score (nSPS) is 19.2. The third-order valence-corrected chi connectivity index (χ3v) is 3.73. The zero-order chi connectivity index (χ0) is 13.7. The number of ether oxygens (including phenoxy) is 1. The lowest BCUT2D eigenvalue weighted by Gasteiger charge is -2.34. The third-order valence-electron chi connectivity index (χ3n) is 3.50. The predicted molar refractivity (Wildman–Crippen MR) is 77.6 cm³/mol. The maximum absolute atomic E-state index is 9.20. The molecule has 0 aromatic heterocycles. The first kappa shape index (κ1) is 14.2. The molecule has 2 rings (SSSR count). The van der Waals surface area contributed by atoms with Gasteiger partial charge in [-0.15, -0.1) is 0 Å². The quantitative estimate of drug-likeness (QED) is 0.846. The molecule has 0 saturated carbocycles. The molecule has 4 heteroatoms. The second-order valence-corrected chi connectivity index (χ2v) is 5.32. The topological polar surface area (TPSA) is 36.3 Å². The Morgan fingerprint density at radius 3 is 3.11 bits per heavy atom. The Hall–Kier alpha value is -1.24. The first-order chi connectivity index (χ1) is 9.24. The van der Waals surface area contributed by atoms with Crippen LogP contribution in [0.4, 0.5) is 5.69 Å². The summed E-state index contributed by atoms with van der Waals surface area (Å²) in [5.41, 5.74) is 1.65. The van der Waals surface area contributed by atoms with Crippen molar-refractivity contribution in [2.45, 2.75) is 19.8 Å². The van der Waals surface area contributed by atoms with Crippen LogP contribution in [0.3, 0.4) is 0 Å². The molecule has 0 aliphatic carbocycles. The fourth-order valence-electron chi connectivity index (χ4n) is 2.57. The lowest BCUT2D eigenvalue weighted by Crippen LogP contribution is -2.37. The number of nitrogens with zero attached hydrogens (tertiary/aromatic N) is 2. The summed E-state index contributed by atoms with van der Waals surface area (Å²) in [6.45, 7) is 5.50. The number of nitriles is 1. The summed E-state index contributed by atoms with van der Waals surface area (Å²) >= 11 is 6.05. The Morgan fingerprint density at radius 1 is 1.53 bits per heavy atom. The van der Waals surface area contributed by atoms with Crippen molar-refractivity contribution in [1.82, 2.24) is 0 Å².